The molecule has 0 aliphatic heterocycles. The number of benzene rings is 7. The molecule has 2 aromatic heterocycles. The van der Waals surface area contributed by atoms with Gasteiger partial charge in [0, 0.05) is 10.9 Å². The Morgan fingerprint density at radius 3 is 1.69 bits per heavy atom. The van der Waals surface area contributed by atoms with Crippen LogP contribution in [-0.2, 0) is 0 Å². The van der Waals surface area contributed by atoms with Gasteiger partial charge in [-0.25, -0.2) is 4.98 Å². The molecule has 0 aliphatic rings. The van der Waals surface area contributed by atoms with E-state index in [1.54, 1.807) is 0 Å². The van der Waals surface area contributed by atoms with Gasteiger partial charge in [-0.1, -0.05) is 128 Å². The number of aromatic nitrogens is 2. The summed E-state index contributed by atoms with van der Waals surface area (Å²) < 4.78 is 2.26. The lowest BCUT2D eigenvalue weighted by molar-refractivity contribution is 1.29. The van der Waals surface area contributed by atoms with Crippen LogP contribution in [-0.4, -0.2) is 9.38 Å². The van der Waals surface area contributed by atoms with Crippen molar-refractivity contribution in [1.29, 1.82) is 0 Å². The molecule has 0 unspecified atom stereocenters. The molecule has 0 spiro atoms. The Hall–Kier alpha value is -5.99. The van der Waals surface area contributed by atoms with Gasteiger partial charge in [0.05, 0.1) is 16.6 Å². The van der Waals surface area contributed by atoms with Crippen molar-refractivity contribution in [3.05, 3.63) is 158 Å². The Bertz CT molecular complexity index is 2630. The van der Waals surface area contributed by atoms with Gasteiger partial charge in [-0.15, -0.1) is 0 Å². The van der Waals surface area contributed by atoms with Crippen molar-refractivity contribution in [3.8, 4) is 22.3 Å². The molecule has 0 radical (unpaired) electrons. The number of nitrogens with zero attached hydrogens (tertiary/aromatic N) is 2. The lowest BCUT2D eigenvalue weighted by atomic mass is 9.85. The molecule has 0 amide bonds. The molecule has 2 heteroatoms. The number of hydrogen-bond acceptors (Lipinski definition) is 1. The van der Waals surface area contributed by atoms with E-state index < -0.39 is 0 Å². The number of imidazole rings is 1. The lowest BCUT2D eigenvalue weighted by Gasteiger charge is -2.19. The first-order valence-corrected chi connectivity index (χ1v) is 15.3. The zero-order valence-corrected chi connectivity index (χ0v) is 24.7. The second-order valence-electron chi connectivity index (χ2n) is 11.6. The van der Waals surface area contributed by atoms with E-state index in [4.69, 9.17) is 4.98 Å². The predicted molar refractivity (Wildman–Crippen MR) is 194 cm³/mol. The first-order valence-electron chi connectivity index (χ1n) is 15.3. The molecule has 0 saturated heterocycles. The van der Waals surface area contributed by atoms with Crippen molar-refractivity contribution < 1.29 is 0 Å². The highest BCUT2D eigenvalue weighted by molar-refractivity contribution is 6.22. The number of hydrogen-bond donors (Lipinski definition) is 0. The van der Waals surface area contributed by atoms with Crippen LogP contribution >= 0.6 is 0 Å². The van der Waals surface area contributed by atoms with Gasteiger partial charge in [0.1, 0.15) is 5.65 Å². The standard InChI is InChI=1S/C43H28N2/c1-3-31-32(4-2)43-44-38-19-11-12-20-40(38)45(43)39-24-23-30(26-37(31)39)42-35-17-9-7-15-33(35)41(34-16-8-10-18-36(34)42)29-22-21-27-13-5-6-14-28(27)25-29/h3-26H,1-2H2. The van der Waals surface area contributed by atoms with Crippen LogP contribution in [0.5, 0.6) is 0 Å². The van der Waals surface area contributed by atoms with Crippen molar-refractivity contribution in [2.75, 3.05) is 0 Å². The highest BCUT2D eigenvalue weighted by atomic mass is 15.0. The fraction of sp³-hybridized carbons (Fsp3) is 0. The van der Waals surface area contributed by atoms with Crippen LogP contribution in [0.25, 0.3) is 94.3 Å². The first-order chi connectivity index (χ1) is 22.2. The summed E-state index contributed by atoms with van der Waals surface area (Å²) in [5, 5.41) is 8.57. The van der Waals surface area contributed by atoms with Crippen molar-refractivity contribution in [2.24, 2.45) is 0 Å². The van der Waals surface area contributed by atoms with Gasteiger partial charge in [0.15, 0.2) is 0 Å². The van der Waals surface area contributed by atoms with E-state index in [0.717, 1.165) is 38.7 Å². The van der Waals surface area contributed by atoms with Crippen molar-refractivity contribution >= 4 is 72.1 Å². The van der Waals surface area contributed by atoms with E-state index in [2.05, 4.69) is 145 Å². The molecule has 2 nitrogen and oxygen atoms in total. The topological polar surface area (TPSA) is 17.3 Å². The Kier molecular flexibility index (Phi) is 5.54. The first kappa shape index (κ1) is 25.5. The highest BCUT2D eigenvalue weighted by Crippen LogP contribution is 2.45. The molecule has 0 aliphatic carbocycles. The Morgan fingerprint density at radius 2 is 1.02 bits per heavy atom. The molecule has 7 aromatic carbocycles. The number of fused-ring (bicyclic) bond motifs is 8. The maximum Gasteiger partial charge on any atom is 0.146 e. The second-order valence-corrected chi connectivity index (χ2v) is 11.6. The van der Waals surface area contributed by atoms with Crippen LogP contribution in [0.4, 0.5) is 0 Å². The summed E-state index contributed by atoms with van der Waals surface area (Å²) >= 11 is 0. The summed E-state index contributed by atoms with van der Waals surface area (Å²) in [6, 6.07) is 48.2. The molecule has 9 aromatic rings. The average molecular weight is 573 g/mol. The van der Waals surface area contributed by atoms with Gasteiger partial charge in [0.2, 0.25) is 0 Å². The van der Waals surface area contributed by atoms with E-state index in [1.807, 2.05) is 18.2 Å². The molecular weight excluding hydrogens is 544 g/mol. The molecule has 210 valence electrons. The number of para-hydroxylation sites is 2. The smallest absolute Gasteiger partial charge is 0.146 e. The zero-order chi connectivity index (χ0) is 30.1. The van der Waals surface area contributed by atoms with E-state index in [1.165, 1.54) is 54.6 Å². The normalized spacial score (nSPS) is 11.7. The van der Waals surface area contributed by atoms with Crippen molar-refractivity contribution in [2.45, 2.75) is 0 Å². The molecule has 0 bridgehead atoms. The maximum atomic E-state index is 5.01. The third-order valence-electron chi connectivity index (χ3n) is 9.29. The Balaban J connectivity index is 1.40. The molecular formula is C43H28N2. The SMILES string of the molecule is C=Cc1c(C=C)c2nc3ccccc3n2c2ccc(-c3c4ccccc4c(-c4ccc5ccccc5c4)c4ccccc34)cc12. The summed E-state index contributed by atoms with van der Waals surface area (Å²) in [7, 11) is 0. The van der Waals surface area contributed by atoms with Crippen LogP contribution in [0.2, 0.25) is 0 Å². The zero-order valence-electron chi connectivity index (χ0n) is 24.7. The van der Waals surface area contributed by atoms with E-state index >= 15 is 0 Å². The summed E-state index contributed by atoms with van der Waals surface area (Å²) in [5.74, 6) is 0. The minimum absolute atomic E-state index is 0.900. The van der Waals surface area contributed by atoms with E-state index in [0.29, 0.717) is 0 Å². The minimum Gasteiger partial charge on any atom is -0.292 e. The lowest BCUT2D eigenvalue weighted by Crippen LogP contribution is -1.97. The van der Waals surface area contributed by atoms with E-state index in [-0.39, 0.29) is 0 Å². The molecule has 2 heterocycles. The Morgan fingerprint density at radius 1 is 0.467 bits per heavy atom. The molecule has 9 rings (SSSR count). The second kappa shape index (κ2) is 9.77. The molecule has 0 saturated carbocycles. The third-order valence-corrected chi connectivity index (χ3v) is 9.29. The molecule has 45 heavy (non-hydrogen) atoms. The van der Waals surface area contributed by atoms with Gasteiger partial charge in [-0.3, -0.25) is 4.40 Å². The quantitative estimate of drug-likeness (QED) is 0.192. The van der Waals surface area contributed by atoms with Gasteiger partial charge < -0.3 is 0 Å². The third kappa shape index (κ3) is 3.66. The molecule has 0 fully saturated rings. The Labute approximate surface area is 260 Å². The monoisotopic (exact) mass is 572 g/mol. The summed E-state index contributed by atoms with van der Waals surface area (Å²) in [4.78, 5) is 5.01. The molecule has 0 N–H and O–H groups in total. The summed E-state index contributed by atoms with van der Waals surface area (Å²) in [6.07, 6.45) is 3.86. The molecule has 0 atom stereocenters. The van der Waals surface area contributed by atoms with Crippen LogP contribution in [0.15, 0.2) is 147 Å². The van der Waals surface area contributed by atoms with Gasteiger partial charge in [0.25, 0.3) is 0 Å². The van der Waals surface area contributed by atoms with Gasteiger partial charge >= 0.3 is 0 Å². The average Bonchev–Trinajstić information content (AvgIpc) is 3.49. The number of pyridine rings is 1. The van der Waals surface area contributed by atoms with Crippen molar-refractivity contribution in [3.63, 3.8) is 0 Å². The number of rotatable bonds is 4. The highest BCUT2D eigenvalue weighted by Gasteiger charge is 2.20. The van der Waals surface area contributed by atoms with Crippen molar-refractivity contribution in [1.82, 2.24) is 9.38 Å². The van der Waals surface area contributed by atoms with Crippen LogP contribution in [0.3, 0.4) is 0 Å². The van der Waals surface area contributed by atoms with Crippen LogP contribution in [0, 0.1) is 0 Å². The fourth-order valence-electron chi connectivity index (χ4n) is 7.33. The van der Waals surface area contributed by atoms with Crippen LogP contribution < -0.4 is 0 Å². The predicted octanol–water partition coefficient (Wildman–Crippen LogP) is 11.7. The van der Waals surface area contributed by atoms with E-state index in [9.17, 15) is 0 Å². The summed E-state index contributed by atoms with van der Waals surface area (Å²) in [6.45, 7) is 8.42. The largest absolute Gasteiger partial charge is 0.292 e. The van der Waals surface area contributed by atoms with Gasteiger partial charge in [-0.2, -0.15) is 0 Å². The fourth-order valence-corrected chi connectivity index (χ4v) is 7.33. The van der Waals surface area contributed by atoms with Crippen LogP contribution in [0.1, 0.15) is 11.1 Å². The van der Waals surface area contributed by atoms with Gasteiger partial charge in [-0.05, 0) is 90.5 Å². The minimum atomic E-state index is 0.900. The maximum absolute atomic E-state index is 5.01. The summed E-state index contributed by atoms with van der Waals surface area (Å²) in [5.41, 5.74) is 11.0.